The Bertz CT molecular complexity index is 3890. The Morgan fingerprint density at radius 1 is 0.425 bits per heavy atom. The van der Waals surface area contributed by atoms with Crippen molar-refractivity contribution < 1.29 is 9.47 Å². The molecule has 0 fully saturated rings. The highest BCUT2D eigenvalue weighted by Gasteiger charge is 2.37. The zero-order valence-electron chi connectivity index (χ0n) is 41.1. The van der Waals surface area contributed by atoms with Crippen molar-refractivity contribution in [1.82, 2.24) is 4.57 Å². The molecule has 0 amide bonds. The van der Waals surface area contributed by atoms with Gasteiger partial charge in [-0.05, 0) is 145 Å². The Labute approximate surface area is 427 Å². The Morgan fingerprint density at radius 3 is 1.60 bits per heavy atom. The Hall–Kier alpha value is -8.28. The summed E-state index contributed by atoms with van der Waals surface area (Å²) < 4.78 is 15.2. The van der Waals surface area contributed by atoms with Crippen molar-refractivity contribution in [3.8, 4) is 39.1 Å². The van der Waals surface area contributed by atoms with Gasteiger partial charge in [-0.25, -0.2) is 0 Å². The fourth-order valence-corrected chi connectivity index (χ4v) is 12.0. The van der Waals surface area contributed by atoms with E-state index in [1.807, 2.05) is 0 Å². The minimum Gasteiger partial charge on any atom is -0.368 e. The second-order valence-electron chi connectivity index (χ2n) is 20.7. The highest BCUT2D eigenvalue weighted by atomic mass is 16.5. The molecule has 0 bridgehead atoms. The van der Waals surface area contributed by atoms with Gasteiger partial charge in [-0.15, -0.1) is 0 Å². The van der Waals surface area contributed by atoms with Gasteiger partial charge in [-0.1, -0.05) is 178 Å². The van der Waals surface area contributed by atoms with Crippen molar-refractivity contribution in [2.24, 2.45) is 0 Å². The van der Waals surface area contributed by atoms with Gasteiger partial charge in [0.05, 0.1) is 36.5 Å². The largest absolute Gasteiger partial charge is 0.368 e. The molecule has 4 heteroatoms. The molecule has 0 aliphatic heterocycles. The lowest BCUT2D eigenvalue weighted by Gasteiger charge is -2.30. The Kier molecular flexibility index (Phi) is 10.4. The Morgan fingerprint density at radius 2 is 0.932 bits per heavy atom. The van der Waals surface area contributed by atoms with Crippen LogP contribution in [0.5, 0.6) is 0 Å². The molecule has 73 heavy (non-hydrogen) atoms. The van der Waals surface area contributed by atoms with Crippen LogP contribution in [0, 0.1) is 0 Å². The van der Waals surface area contributed by atoms with Crippen LogP contribution in [0.3, 0.4) is 0 Å². The van der Waals surface area contributed by atoms with Gasteiger partial charge in [0.15, 0.2) is 0 Å². The van der Waals surface area contributed by atoms with Crippen molar-refractivity contribution >= 4 is 38.9 Å². The molecule has 0 N–H and O–H groups in total. The van der Waals surface area contributed by atoms with Crippen LogP contribution in [-0.4, -0.2) is 4.57 Å². The second kappa shape index (κ2) is 17.5. The molecule has 352 valence electrons. The van der Waals surface area contributed by atoms with Gasteiger partial charge in [0.25, 0.3) is 0 Å². The zero-order valence-corrected chi connectivity index (χ0v) is 41.1. The van der Waals surface area contributed by atoms with Crippen molar-refractivity contribution in [2.75, 3.05) is 4.90 Å². The molecule has 4 nitrogen and oxygen atoms in total. The maximum Gasteiger partial charge on any atom is 0.0872 e. The lowest BCUT2D eigenvalue weighted by Crippen LogP contribution is -2.20. The number of ether oxygens (including phenoxy) is 2. The van der Waals surface area contributed by atoms with Gasteiger partial charge < -0.3 is 18.9 Å². The molecule has 0 radical (unpaired) electrons. The molecular weight excluding hydrogens is 889 g/mol. The van der Waals surface area contributed by atoms with Crippen LogP contribution in [0.1, 0.15) is 70.6 Å². The third-order valence-electron chi connectivity index (χ3n) is 16.1. The maximum atomic E-state index is 6.49. The molecule has 0 saturated heterocycles. The number of para-hydroxylation sites is 1. The second-order valence-corrected chi connectivity index (χ2v) is 20.7. The third-order valence-corrected chi connectivity index (χ3v) is 16.1. The van der Waals surface area contributed by atoms with Gasteiger partial charge in [0.1, 0.15) is 0 Å². The van der Waals surface area contributed by atoms with Crippen LogP contribution in [0.25, 0.3) is 60.9 Å². The average molecular weight is 943 g/mol. The van der Waals surface area contributed by atoms with E-state index < -0.39 is 0 Å². The monoisotopic (exact) mass is 942 g/mol. The molecule has 0 saturated carbocycles. The third kappa shape index (κ3) is 7.52. The minimum atomic E-state index is -0.199. The van der Waals surface area contributed by atoms with Gasteiger partial charge in [-0.2, -0.15) is 0 Å². The lowest BCUT2D eigenvalue weighted by molar-refractivity contribution is 0.0243. The summed E-state index contributed by atoms with van der Waals surface area (Å²) in [5.74, 6) is 0. The van der Waals surface area contributed by atoms with E-state index in [1.165, 1.54) is 99.7 Å². The topological polar surface area (TPSA) is 26.6 Å². The van der Waals surface area contributed by atoms with Gasteiger partial charge in [0.2, 0.25) is 0 Å². The van der Waals surface area contributed by atoms with Crippen molar-refractivity contribution in [2.45, 2.75) is 57.5 Å². The summed E-state index contributed by atoms with van der Waals surface area (Å²) in [4.78, 5) is 2.41. The van der Waals surface area contributed by atoms with E-state index >= 15 is 0 Å². The SMILES string of the molecule is CC1(C)c2cc(COC3Cc4ccccc43)ccc2-c2ccc(N(c3ccc(-c4ccccc4)cc3)c3ccc(-c4ccc5c(c4)c4ccccc4n5-c4ccc(COC5Cc6ccccc65)cc4)cc3)cc21. The van der Waals surface area contributed by atoms with E-state index in [2.05, 4.69) is 254 Å². The number of aromatic nitrogens is 1. The first-order valence-electron chi connectivity index (χ1n) is 25.8. The lowest BCUT2D eigenvalue weighted by atomic mass is 9.81. The van der Waals surface area contributed by atoms with Crippen molar-refractivity contribution in [3.05, 3.63) is 275 Å². The first kappa shape index (κ1) is 43.5. The standard InChI is InChI=1S/C69H54N2O2/c1-69(2)63-38-46(44-73-68-41-52-15-7-9-17-58(52)68)22-35-59(63)60-36-34-56(42-64(60)69)70(53-30-23-48(24-31-53)47-12-4-3-5-13-47)54-32-25-49(26-33-54)50-27-37-66-62(39-50)61-18-10-11-19-65(61)71(66)55-28-20-45(21-29-55)43-72-67-40-51-14-6-8-16-57(51)67/h3-39,42,67-68H,40-41,43-44H2,1-2H3. The predicted octanol–water partition coefficient (Wildman–Crippen LogP) is 17.5. The highest BCUT2D eigenvalue weighted by Crippen LogP contribution is 2.51. The number of benzene rings is 10. The van der Waals surface area contributed by atoms with Gasteiger partial charge in [0, 0.05) is 51.8 Å². The molecule has 11 aromatic rings. The van der Waals surface area contributed by atoms with Gasteiger partial charge in [-0.3, -0.25) is 0 Å². The molecule has 3 aliphatic rings. The maximum absolute atomic E-state index is 6.49. The van der Waals surface area contributed by atoms with Crippen LogP contribution >= 0.6 is 0 Å². The number of hydrogen-bond donors (Lipinski definition) is 0. The van der Waals surface area contributed by atoms with Crippen molar-refractivity contribution in [3.63, 3.8) is 0 Å². The molecule has 1 aromatic heterocycles. The molecule has 3 aliphatic carbocycles. The summed E-state index contributed by atoms with van der Waals surface area (Å²) in [6.07, 6.45) is 2.34. The quantitative estimate of drug-likeness (QED) is 0.122. The van der Waals surface area contributed by atoms with Crippen LogP contribution in [0.4, 0.5) is 17.1 Å². The number of fused-ring (bicyclic) bond motifs is 8. The summed E-state index contributed by atoms with van der Waals surface area (Å²) in [7, 11) is 0. The molecular formula is C69H54N2O2. The number of anilines is 3. The summed E-state index contributed by atoms with van der Waals surface area (Å²) in [5, 5.41) is 2.47. The fourth-order valence-electron chi connectivity index (χ4n) is 12.0. The highest BCUT2D eigenvalue weighted by molar-refractivity contribution is 6.10. The first-order chi connectivity index (χ1) is 35.9. The fraction of sp³-hybridized carbons (Fsp3) is 0.130. The predicted molar refractivity (Wildman–Crippen MR) is 299 cm³/mol. The molecule has 10 aromatic carbocycles. The molecule has 2 unspecified atom stereocenters. The molecule has 1 heterocycles. The van der Waals surface area contributed by atoms with E-state index in [-0.39, 0.29) is 17.6 Å². The normalized spacial score (nSPS) is 15.8. The van der Waals surface area contributed by atoms with E-state index in [0.717, 1.165) is 35.6 Å². The van der Waals surface area contributed by atoms with Crippen LogP contribution < -0.4 is 4.90 Å². The smallest absolute Gasteiger partial charge is 0.0872 e. The number of rotatable bonds is 12. The van der Waals surface area contributed by atoms with E-state index in [0.29, 0.717) is 13.2 Å². The average Bonchev–Trinajstić information content (AvgIpc) is 3.87. The van der Waals surface area contributed by atoms with Crippen LogP contribution in [-0.2, 0) is 40.9 Å². The minimum absolute atomic E-state index is 0.174. The molecule has 14 rings (SSSR count). The zero-order chi connectivity index (χ0) is 48.6. The van der Waals surface area contributed by atoms with Crippen LogP contribution in [0.15, 0.2) is 231 Å². The van der Waals surface area contributed by atoms with Crippen molar-refractivity contribution in [1.29, 1.82) is 0 Å². The first-order valence-corrected chi connectivity index (χ1v) is 25.8. The number of nitrogens with zero attached hydrogens (tertiary/aromatic N) is 2. The summed E-state index contributed by atoms with van der Waals surface area (Å²) >= 11 is 0. The summed E-state index contributed by atoms with van der Waals surface area (Å²) in [6, 6.07) is 84.6. The van der Waals surface area contributed by atoms with E-state index in [9.17, 15) is 0 Å². The van der Waals surface area contributed by atoms with Gasteiger partial charge >= 0.3 is 0 Å². The van der Waals surface area contributed by atoms with Crippen LogP contribution in [0.2, 0.25) is 0 Å². The Balaban J connectivity index is 0.767. The van der Waals surface area contributed by atoms with E-state index in [4.69, 9.17) is 9.47 Å². The molecule has 2 atom stereocenters. The summed E-state index contributed by atoms with van der Waals surface area (Å²) in [6.45, 7) is 5.95. The molecule has 0 spiro atoms. The van der Waals surface area contributed by atoms with E-state index in [1.54, 1.807) is 0 Å². The summed E-state index contributed by atoms with van der Waals surface area (Å²) in [5.41, 5.74) is 24.6. The number of hydrogen-bond acceptors (Lipinski definition) is 3.